The van der Waals surface area contributed by atoms with Crippen molar-refractivity contribution in [3.8, 4) is 28.2 Å². The third kappa shape index (κ3) is 9.86. The Morgan fingerprint density at radius 2 is 1.54 bits per heavy atom. The molecule has 0 bridgehead atoms. The Bertz CT molecular complexity index is 1980. The summed E-state index contributed by atoms with van der Waals surface area (Å²) in [5.74, 6) is -3.57. The maximum atomic E-state index is 13.1. The van der Waals surface area contributed by atoms with Gasteiger partial charge >= 0.3 is 5.97 Å². The number of carboxylic acid groups (broad SMARTS) is 1. The number of thiol groups is 1. The summed E-state index contributed by atoms with van der Waals surface area (Å²) in [5, 5.41) is 28.6. The molecule has 4 amide bonds. The number of amides is 4. The number of carbonyl (C=O) groups excluding carboxylic acids is 4. The average Bonchev–Trinajstić information content (AvgIpc) is 3.11. The number of phenols is 1. The van der Waals surface area contributed by atoms with Crippen LogP contribution in [0.25, 0.3) is 33.4 Å². The topological polar surface area (TPSA) is 270 Å². The van der Waals surface area contributed by atoms with Crippen LogP contribution in [0.3, 0.4) is 0 Å². The van der Waals surface area contributed by atoms with Gasteiger partial charge in [-0.2, -0.15) is 12.6 Å². The van der Waals surface area contributed by atoms with E-state index in [2.05, 4.69) is 28.6 Å². The number of nitrogens with two attached hydrogens (primary N) is 3. The van der Waals surface area contributed by atoms with Crippen LogP contribution in [0.4, 0.5) is 0 Å². The first-order valence-corrected chi connectivity index (χ1v) is 17.3. The quantitative estimate of drug-likeness (QED) is 0.0403. The Kier molecular flexibility index (Phi) is 13.7. The lowest BCUT2D eigenvalue weighted by Crippen LogP contribution is -2.55. The zero-order chi connectivity index (χ0) is 37.9. The Morgan fingerprint density at radius 3 is 2.23 bits per heavy atom. The molecule has 2 aliphatic rings. The van der Waals surface area contributed by atoms with E-state index in [0.29, 0.717) is 48.7 Å². The number of aromatic carboxylic acids is 1. The molecule has 0 aromatic heterocycles. The van der Waals surface area contributed by atoms with Crippen LogP contribution in [0.15, 0.2) is 63.8 Å². The number of hydrogen-bond acceptors (Lipinski definition) is 11. The van der Waals surface area contributed by atoms with Crippen molar-refractivity contribution in [1.29, 1.82) is 0 Å². The smallest absolute Gasteiger partial charge is 0.336 e. The molecule has 16 heteroatoms. The molecule has 0 radical (unpaired) electrons. The number of aromatic hydroxyl groups is 1. The minimum atomic E-state index is -1.30. The molecule has 2 aromatic rings. The fourth-order valence-corrected chi connectivity index (χ4v) is 5.85. The van der Waals surface area contributed by atoms with E-state index in [0.717, 1.165) is 0 Å². The zero-order valence-corrected chi connectivity index (χ0v) is 29.1. The van der Waals surface area contributed by atoms with Crippen LogP contribution in [-0.2, 0) is 14.4 Å². The number of benzene rings is 3. The minimum Gasteiger partial charge on any atom is -0.508 e. The summed E-state index contributed by atoms with van der Waals surface area (Å²) in [6.07, 6.45) is 2.38. The van der Waals surface area contributed by atoms with Crippen molar-refractivity contribution in [3.63, 3.8) is 0 Å². The molecule has 1 heterocycles. The summed E-state index contributed by atoms with van der Waals surface area (Å²) in [6, 6.07) is 9.82. The average molecular weight is 735 g/mol. The molecule has 2 aromatic carbocycles. The van der Waals surface area contributed by atoms with E-state index in [4.69, 9.17) is 21.6 Å². The number of fused-ring (bicyclic) bond motifs is 2. The standard InChI is InChI=1S/C36H42N6O9S/c37-13-3-1-6-28(42-34(47)26(38)18-52)35(48)41-27(32(39)45)5-2-4-14-40-33(46)19-7-10-22(25(15-19)36(49)50)31-23-11-8-20(43)16-29(23)51-30-17-21(44)9-12-24(30)31/h7-12,15-17,26-28,43,52H,1-6,13-14,18,37-38H2,(H2,39,45)(H,40,46)(H,41,48)(H,42,47)(H,49,50). The monoisotopic (exact) mass is 734 g/mol. The van der Waals surface area contributed by atoms with E-state index in [1.807, 2.05) is 0 Å². The molecule has 276 valence electrons. The molecule has 0 saturated carbocycles. The van der Waals surface area contributed by atoms with E-state index in [-0.39, 0.29) is 64.4 Å². The van der Waals surface area contributed by atoms with Crippen LogP contribution >= 0.6 is 12.6 Å². The molecule has 11 N–H and O–H groups in total. The van der Waals surface area contributed by atoms with Crippen molar-refractivity contribution in [3.05, 3.63) is 75.9 Å². The van der Waals surface area contributed by atoms with Gasteiger partial charge in [0.05, 0.1) is 11.6 Å². The van der Waals surface area contributed by atoms with E-state index < -0.39 is 47.7 Å². The van der Waals surface area contributed by atoms with Gasteiger partial charge in [-0.05, 0) is 87.0 Å². The van der Waals surface area contributed by atoms with Crippen LogP contribution in [0, 0.1) is 0 Å². The Hall–Kier alpha value is -5.45. The summed E-state index contributed by atoms with van der Waals surface area (Å²) in [4.78, 5) is 75.2. The van der Waals surface area contributed by atoms with Crippen LogP contribution < -0.4 is 38.6 Å². The van der Waals surface area contributed by atoms with Gasteiger partial charge in [-0.15, -0.1) is 0 Å². The fraction of sp³-hybridized carbons (Fsp3) is 0.333. The number of carbonyl (C=O) groups is 5. The van der Waals surface area contributed by atoms with Gasteiger partial charge in [0.25, 0.3) is 5.91 Å². The molecule has 3 unspecified atom stereocenters. The number of unbranched alkanes of at least 4 members (excludes halogenated alkanes) is 2. The lowest BCUT2D eigenvalue weighted by molar-refractivity contribution is -0.131. The molecule has 1 aliphatic carbocycles. The van der Waals surface area contributed by atoms with Crippen molar-refractivity contribution < 1.29 is 38.6 Å². The van der Waals surface area contributed by atoms with Crippen molar-refractivity contribution in [1.82, 2.24) is 16.0 Å². The molecule has 3 atom stereocenters. The normalized spacial score (nSPS) is 12.9. The number of phenolic OH excluding ortho intramolecular Hbond substituents is 1. The van der Waals surface area contributed by atoms with Gasteiger partial charge in [0.1, 0.15) is 29.2 Å². The third-order valence-electron chi connectivity index (χ3n) is 8.44. The number of nitrogens with one attached hydrogen (secondary N) is 3. The first-order chi connectivity index (χ1) is 24.8. The zero-order valence-electron chi connectivity index (χ0n) is 28.2. The van der Waals surface area contributed by atoms with E-state index >= 15 is 0 Å². The summed E-state index contributed by atoms with van der Waals surface area (Å²) in [7, 11) is 0. The molecule has 0 saturated heterocycles. The first-order valence-electron chi connectivity index (χ1n) is 16.7. The van der Waals surface area contributed by atoms with Crippen molar-refractivity contribution in [2.75, 3.05) is 18.8 Å². The van der Waals surface area contributed by atoms with Gasteiger partial charge in [-0.1, -0.05) is 6.07 Å². The Labute approximate surface area is 304 Å². The maximum absolute atomic E-state index is 13.1. The maximum Gasteiger partial charge on any atom is 0.336 e. The lowest BCUT2D eigenvalue weighted by atomic mass is 9.90. The van der Waals surface area contributed by atoms with E-state index in [9.17, 15) is 39.0 Å². The van der Waals surface area contributed by atoms with Gasteiger partial charge in [0.15, 0.2) is 5.43 Å². The van der Waals surface area contributed by atoms with Crippen LogP contribution in [0.2, 0.25) is 0 Å². The second kappa shape index (κ2) is 18.2. The number of hydrogen-bond donors (Lipinski definition) is 9. The first kappa shape index (κ1) is 39.3. The largest absolute Gasteiger partial charge is 0.508 e. The second-order valence-corrected chi connectivity index (χ2v) is 12.6. The Morgan fingerprint density at radius 1 is 0.846 bits per heavy atom. The molecule has 1 aliphatic heterocycles. The molecular formula is C36H42N6O9S. The van der Waals surface area contributed by atoms with Gasteiger partial charge in [0, 0.05) is 46.5 Å². The summed E-state index contributed by atoms with van der Waals surface area (Å²) < 4.78 is 5.85. The van der Waals surface area contributed by atoms with Crippen molar-refractivity contribution in [2.45, 2.75) is 56.7 Å². The SMILES string of the molecule is NCCCCC(NC(=O)C(N)CS)C(=O)NC(CCCCNC(=O)c1ccc(-c2c3ccc(=O)cc-3oc3cc(O)ccc23)c(C(=O)O)c1)C(N)=O. The highest BCUT2D eigenvalue weighted by molar-refractivity contribution is 7.80. The van der Waals surface area contributed by atoms with Gasteiger partial charge in [-0.3, -0.25) is 24.0 Å². The number of carboxylic acids is 1. The van der Waals surface area contributed by atoms with Crippen molar-refractivity contribution in [2.24, 2.45) is 17.2 Å². The predicted octanol–water partition coefficient (Wildman–Crippen LogP) is 1.71. The molecule has 15 nitrogen and oxygen atoms in total. The van der Waals surface area contributed by atoms with E-state index in [1.165, 1.54) is 48.5 Å². The molecule has 4 rings (SSSR count). The Balaban J connectivity index is 1.42. The van der Waals surface area contributed by atoms with Gasteiger partial charge in [-0.25, -0.2) is 4.79 Å². The highest BCUT2D eigenvalue weighted by Gasteiger charge is 2.27. The minimum absolute atomic E-state index is 0.0760. The van der Waals surface area contributed by atoms with Crippen LogP contribution in [-0.4, -0.2) is 76.8 Å². The fourth-order valence-electron chi connectivity index (χ4n) is 5.69. The van der Waals surface area contributed by atoms with Crippen molar-refractivity contribution >= 4 is 53.2 Å². The third-order valence-corrected chi connectivity index (χ3v) is 8.83. The summed E-state index contributed by atoms with van der Waals surface area (Å²) in [6.45, 7) is 0.570. The molecule has 0 spiro atoms. The highest BCUT2D eigenvalue weighted by atomic mass is 32.1. The van der Waals surface area contributed by atoms with Crippen LogP contribution in [0.1, 0.15) is 59.2 Å². The summed E-state index contributed by atoms with van der Waals surface area (Å²) >= 11 is 4.01. The van der Waals surface area contributed by atoms with Crippen LogP contribution in [0.5, 0.6) is 5.75 Å². The van der Waals surface area contributed by atoms with Gasteiger partial charge in [0.2, 0.25) is 17.7 Å². The predicted molar refractivity (Wildman–Crippen MR) is 197 cm³/mol. The van der Waals surface area contributed by atoms with Gasteiger partial charge < -0.3 is 47.8 Å². The number of primary amides is 1. The van der Waals surface area contributed by atoms with E-state index in [1.54, 1.807) is 6.07 Å². The second-order valence-electron chi connectivity index (χ2n) is 12.2. The molecule has 52 heavy (non-hydrogen) atoms. The molecular weight excluding hydrogens is 692 g/mol. The number of rotatable bonds is 18. The summed E-state index contributed by atoms with van der Waals surface area (Å²) in [5.41, 5.74) is 17.8. The highest BCUT2D eigenvalue weighted by Crippen LogP contribution is 2.42. The molecule has 0 fully saturated rings. The lowest BCUT2D eigenvalue weighted by Gasteiger charge is -2.23.